The highest BCUT2D eigenvalue weighted by Crippen LogP contribution is 2.63. The van der Waals surface area contributed by atoms with E-state index in [1.54, 1.807) is 11.1 Å². The van der Waals surface area contributed by atoms with Crippen LogP contribution in [0, 0.1) is 11.8 Å². The van der Waals surface area contributed by atoms with Gasteiger partial charge < -0.3 is 4.74 Å². The van der Waals surface area contributed by atoms with E-state index in [2.05, 4.69) is 48.5 Å². The summed E-state index contributed by atoms with van der Waals surface area (Å²) in [5.41, 5.74) is 4.99. The van der Waals surface area contributed by atoms with Gasteiger partial charge in [0.1, 0.15) is 12.4 Å². The second-order valence-electron chi connectivity index (χ2n) is 9.23. The van der Waals surface area contributed by atoms with Gasteiger partial charge in [0.05, 0.1) is 0 Å². The average Bonchev–Trinajstić information content (AvgIpc) is 3.32. The molecule has 5 rings (SSSR count). The van der Waals surface area contributed by atoms with E-state index >= 15 is 0 Å². The van der Waals surface area contributed by atoms with Crippen LogP contribution >= 0.6 is 0 Å². The van der Waals surface area contributed by atoms with Gasteiger partial charge in [-0.1, -0.05) is 74.9 Å². The summed E-state index contributed by atoms with van der Waals surface area (Å²) in [6.07, 6.45) is 14.5. The number of benzene rings is 2. The minimum atomic E-state index is 0.544. The van der Waals surface area contributed by atoms with Crippen LogP contribution in [0.25, 0.3) is 0 Å². The molecule has 3 aliphatic carbocycles. The molecule has 2 aromatic carbocycles. The second-order valence-corrected chi connectivity index (χ2v) is 9.23. The molecule has 142 valence electrons. The smallest absolute Gasteiger partial charge is 0.120 e. The van der Waals surface area contributed by atoms with Gasteiger partial charge >= 0.3 is 0 Å². The molecule has 1 spiro atoms. The Morgan fingerprint density at radius 2 is 1.78 bits per heavy atom. The lowest BCUT2D eigenvalue weighted by atomic mass is 9.84. The Balaban J connectivity index is 1.20. The first kappa shape index (κ1) is 17.3. The third-order valence-electron chi connectivity index (χ3n) is 7.58. The third-order valence-corrected chi connectivity index (χ3v) is 7.58. The molecule has 27 heavy (non-hydrogen) atoms. The Hall–Kier alpha value is -1.76. The van der Waals surface area contributed by atoms with Crippen LogP contribution in [0.15, 0.2) is 48.5 Å². The summed E-state index contributed by atoms with van der Waals surface area (Å²) in [5.74, 6) is 3.02. The van der Waals surface area contributed by atoms with Gasteiger partial charge in [0, 0.05) is 0 Å². The Morgan fingerprint density at radius 1 is 0.926 bits per heavy atom. The molecule has 0 aliphatic heterocycles. The van der Waals surface area contributed by atoms with Crippen LogP contribution < -0.4 is 4.74 Å². The molecule has 1 heteroatoms. The van der Waals surface area contributed by atoms with Crippen LogP contribution in [0.3, 0.4) is 0 Å². The van der Waals surface area contributed by atoms with Gasteiger partial charge in [-0.05, 0) is 71.8 Å². The first-order valence-electron chi connectivity index (χ1n) is 11.1. The van der Waals surface area contributed by atoms with Gasteiger partial charge in [-0.2, -0.15) is 0 Å². The van der Waals surface area contributed by atoms with Crippen LogP contribution in [0.5, 0.6) is 5.75 Å². The van der Waals surface area contributed by atoms with Crippen LogP contribution in [0.4, 0.5) is 0 Å². The maximum absolute atomic E-state index is 6.06. The minimum Gasteiger partial charge on any atom is -0.489 e. The van der Waals surface area contributed by atoms with Crippen molar-refractivity contribution >= 4 is 0 Å². The summed E-state index contributed by atoms with van der Waals surface area (Å²) < 4.78 is 6.06. The number of fused-ring (bicyclic) bond motifs is 2. The lowest BCUT2D eigenvalue weighted by molar-refractivity contribution is 0.306. The number of rotatable bonds is 6. The first-order chi connectivity index (χ1) is 13.3. The highest BCUT2D eigenvalue weighted by Gasteiger charge is 2.57. The van der Waals surface area contributed by atoms with Gasteiger partial charge in [0.2, 0.25) is 0 Å². The van der Waals surface area contributed by atoms with E-state index in [0.29, 0.717) is 12.0 Å². The zero-order chi connectivity index (χ0) is 18.1. The van der Waals surface area contributed by atoms with Crippen molar-refractivity contribution in [2.24, 2.45) is 11.8 Å². The second kappa shape index (κ2) is 7.34. The quantitative estimate of drug-likeness (QED) is 0.548. The maximum Gasteiger partial charge on any atom is 0.120 e. The molecule has 3 aliphatic rings. The van der Waals surface area contributed by atoms with Gasteiger partial charge in [-0.15, -0.1) is 0 Å². The largest absolute Gasteiger partial charge is 0.489 e. The number of hydrogen-bond acceptors (Lipinski definition) is 1. The molecule has 0 heterocycles. The van der Waals surface area contributed by atoms with Gasteiger partial charge in [-0.3, -0.25) is 0 Å². The molecule has 2 fully saturated rings. The fourth-order valence-electron chi connectivity index (χ4n) is 5.89. The van der Waals surface area contributed by atoms with Gasteiger partial charge in [0.25, 0.3) is 0 Å². The molecule has 2 aromatic rings. The predicted molar refractivity (Wildman–Crippen MR) is 111 cm³/mol. The molecule has 0 radical (unpaired) electrons. The molecular formula is C26H32O. The van der Waals surface area contributed by atoms with Crippen LogP contribution in [0.1, 0.15) is 74.5 Å². The van der Waals surface area contributed by atoms with Crippen molar-refractivity contribution < 1.29 is 4.74 Å². The van der Waals surface area contributed by atoms with E-state index in [-0.39, 0.29) is 0 Å². The molecule has 0 saturated heterocycles. The lowest BCUT2D eigenvalue weighted by Gasteiger charge is -2.22. The van der Waals surface area contributed by atoms with Gasteiger partial charge in [-0.25, -0.2) is 0 Å². The summed E-state index contributed by atoms with van der Waals surface area (Å²) in [5, 5.41) is 0. The molecule has 2 atom stereocenters. The standard InChI is InChI=1S/C26H32O/c1-3-7-20(8-4-1)11-12-23-18-26(23)16-15-22-17-24(13-14-25(22)26)27-19-21-9-5-2-6-10-21/h2,5-6,9-10,13-14,17,20,23H,1,3-4,7-8,11-12,15-16,18-19H2. The Morgan fingerprint density at radius 3 is 2.63 bits per heavy atom. The third kappa shape index (κ3) is 3.53. The van der Waals surface area contributed by atoms with Crippen molar-refractivity contribution in [1.82, 2.24) is 0 Å². The summed E-state index contributed by atoms with van der Waals surface area (Å²) >= 11 is 0. The molecule has 0 N–H and O–H groups in total. The zero-order valence-corrected chi connectivity index (χ0v) is 16.5. The zero-order valence-electron chi connectivity index (χ0n) is 16.5. The Bertz CT molecular complexity index is 774. The minimum absolute atomic E-state index is 0.544. The highest BCUT2D eigenvalue weighted by atomic mass is 16.5. The number of hydrogen-bond donors (Lipinski definition) is 0. The van der Waals surface area contributed by atoms with E-state index < -0.39 is 0 Å². The van der Waals surface area contributed by atoms with Crippen molar-refractivity contribution in [3.8, 4) is 5.75 Å². The van der Waals surface area contributed by atoms with Crippen molar-refractivity contribution in [3.63, 3.8) is 0 Å². The summed E-state index contributed by atoms with van der Waals surface area (Å²) in [6.45, 7) is 0.661. The number of ether oxygens (including phenoxy) is 1. The fraction of sp³-hybridized carbons (Fsp3) is 0.538. The van der Waals surface area contributed by atoms with Crippen molar-refractivity contribution in [2.75, 3.05) is 0 Å². The summed E-state index contributed by atoms with van der Waals surface area (Å²) in [6, 6.07) is 17.4. The molecule has 2 unspecified atom stereocenters. The SMILES string of the molecule is c1ccc(COc2ccc3c(c2)CCC32CC2CCC2CCCCC2)cc1. The molecule has 0 aromatic heterocycles. The van der Waals surface area contributed by atoms with Crippen molar-refractivity contribution in [2.45, 2.75) is 76.2 Å². The van der Waals surface area contributed by atoms with Gasteiger partial charge in [0.15, 0.2) is 0 Å². The van der Waals surface area contributed by atoms with Crippen molar-refractivity contribution in [3.05, 3.63) is 65.2 Å². The number of aryl methyl sites for hydroxylation is 1. The van der Waals surface area contributed by atoms with Crippen LogP contribution in [-0.2, 0) is 18.4 Å². The summed E-state index contributed by atoms with van der Waals surface area (Å²) in [7, 11) is 0. The lowest BCUT2D eigenvalue weighted by Crippen LogP contribution is -2.09. The van der Waals surface area contributed by atoms with Crippen LogP contribution in [-0.4, -0.2) is 0 Å². The van der Waals surface area contributed by atoms with E-state index in [9.17, 15) is 0 Å². The van der Waals surface area contributed by atoms with E-state index in [1.165, 1.54) is 69.8 Å². The van der Waals surface area contributed by atoms with E-state index in [4.69, 9.17) is 4.74 Å². The molecule has 2 saturated carbocycles. The van der Waals surface area contributed by atoms with Crippen LogP contribution in [0.2, 0.25) is 0 Å². The molecular weight excluding hydrogens is 328 g/mol. The first-order valence-corrected chi connectivity index (χ1v) is 11.1. The van der Waals surface area contributed by atoms with Crippen molar-refractivity contribution in [1.29, 1.82) is 0 Å². The maximum atomic E-state index is 6.06. The monoisotopic (exact) mass is 360 g/mol. The molecule has 0 bridgehead atoms. The highest BCUT2D eigenvalue weighted by molar-refractivity contribution is 5.48. The fourth-order valence-corrected chi connectivity index (χ4v) is 5.89. The molecule has 1 nitrogen and oxygen atoms in total. The Labute approximate surface area is 164 Å². The predicted octanol–water partition coefficient (Wildman–Crippen LogP) is 6.83. The topological polar surface area (TPSA) is 9.23 Å². The van der Waals surface area contributed by atoms with E-state index in [0.717, 1.165) is 17.6 Å². The Kier molecular flexibility index (Phi) is 4.71. The normalized spacial score (nSPS) is 26.9. The van der Waals surface area contributed by atoms with E-state index in [1.807, 2.05) is 0 Å². The molecule has 0 amide bonds. The average molecular weight is 361 g/mol. The summed E-state index contributed by atoms with van der Waals surface area (Å²) in [4.78, 5) is 0.